The molecule has 1 atom stereocenters. The van der Waals surface area contributed by atoms with Crippen molar-refractivity contribution < 1.29 is 22.1 Å². The van der Waals surface area contributed by atoms with E-state index in [1.54, 1.807) is 12.1 Å². The van der Waals surface area contributed by atoms with Crippen molar-refractivity contribution in [3.05, 3.63) is 42.5 Å². The number of benzene rings is 1. The molecule has 1 aromatic carbocycles. The van der Waals surface area contributed by atoms with Crippen molar-refractivity contribution in [2.75, 3.05) is 20.3 Å². The lowest BCUT2D eigenvalue weighted by Gasteiger charge is -2.11. The minimum absolute atomic E-state index is 0.0795. The Labute approximate surface area is 113 Å². The van der Waals surface area contributed by atoms with Gasteiger partial charge in [-0.15, -0.1) is 0 Å². The molecule has 19 heavy (non-hydrogen) atoms. The second kappa shape index (κ2) is 7.40. The molecule has 0 amide bonds. The van der Waals surface area contributed by atoms with Gasteiger partial charge in [0.15, 0.2) is 6.29 Å². The second-order valence-electron chi connectivity index (χ2n) is 3.80. The maximum atomic E-state index is 11.8. The molecule has 0 spiro atoms. The first kappa shape index (κ1) is 15.8. The Morgan fingerprint density at radius 3 is 2.42 bits per heavy atom. The molecule has 6 heteroatoms. The first-order chi connectivity index (χ1) is 8.99. The number of methoxy groups -OCH3 is 1. The molecule has 0 aliphatic carbocycles. The number of aryl methyl sites for hydroxylation is 1. The number of hydrogen-bond acceptors (Lipinski definition) is 5. The fraction of sp³-hybridized carbons (Fsp3) is 0.385. The fourth-order valence-electron chi connectivity index (χ4n) is 1.31. The van der Waals surface area contributed by atoms with E-state index in [2.05, 4.69) is 6.58 Å². The van der Waals surface area contributed by atoms with Crippen LogP contribution in [-0.4, -0.2) is 35.0 Å². The quantitative estimate of drug-likeness (QED) is 0.316. The van der Waals surface area contributed by atoms with Gasteiger partial charge < -0.3 is 9.47 Å². The highest BCUT2D eigenvalue weighted by Crippen LogP contribution is 2.13. The first-order valence-corrected chi connectivity index (χ1v) is 7.13. The predicted octanol–water partition coefficient (Wildman–Crippen LogP) is 1.88. The third kappa shape index (κ3) is 5.12. The molecule has 0 saturated carbocycles. The zero-order valence-electron chi connectivity index (χ0n) is 11.0. The number of rotatable bonds is 8. The summed E-state index contributed by atoms with van der Waals surface area (Å²) < 4.78 is 38.5. The SMILES string of the molecule is C=C[C@@H](OC)OCCOS(=O)(=O)c1ccc(C)cc1. The summed E-state index contributed by atoms with van der Waals surface area (Å²) in [6, 6.07) is 6.44. The van der Waals surface area contributed by atoms with E-state index in [0.29, 0.717) is 0 Å². The van der Waals surface area contributed by atoms with Crippen LogP contribution in [0.25, 0.3) is 0 Å². The highest BCUT2D eigenvalue weighted by Gasteiger charge is 2.14. The van der Waals surface area contributed by atoms with Crippen LogP contribution in [0, 0.1) is 6.92 Å². The Morgan fingerprint density at radius 1 is 1.26 bits per heavy atom. The van der Waals surface area contributed by atoms with Crippen molar-refractivity contribution in [1.29, 1.82) is 0 Å². The van der Waals surface area contributed by atoms with Crippen LogP contribution < -0.4 is 0 Å². The second-order valence-corrected chi connectivity index (χ2v) is 5.42. The Morgan fingerprint density at radius 2 is 1.89 bits per heavy atom. The van der Waals surface area contributed by atoms with E-state index in [-0.39, 0.29) is 18.1 Å². The molecule has 1 rings (SSSR count). The average molecular weight is 286 g/mol. The van der Waals surface area contributed by atoms with Crippen LogP contribution in [0.3, 0.4) is 0 Å². The van der Waals surface area contributed by atoms with Crippen molar-refractivity contribution in [3.8, 4) is 0 Å². The summed E-state index contributed by atoms with van der Waals surface area (Å²) in [7, 11) is -2.27. The van der Waals surface area contributed by atoms with E-state index in [0.717, 1.165) is 5.56 Å². The molecule has 0 aliphatic heterocycles. The van der Waals surface area contributed by atoms with Crippen LogP contribution in [0.15, 0.2) is 41.8 Å². The van der Waals surface area contributed by atoms with Crippen LogP contribution in [-0.2, 0) is 23.8 Å². The van der Waals surface area contributed by atoms with Gasteiger partial charge >= 0.3 is 0 Å². The number of hydrogen-bond donors (Lipinski definition) is 0. The molecular weight excluding hydrogens is 268 g/mol. The van der Waals surface area contributed by atoms with Gasteiger partial charge in [0.25, 0.3) is 10.1 Å². The molecule has 0 saturated heterocycles. The molecular formula is C13H18O5S. The molecule has 0 aliphatic rings. The maximum Gasteiger partial charge on any atom is 0.297 e. The van der Waals surface area contributed by atoms with Gasteiger partial charge in [-0.05, 0) is 25.1 Å². The molecule has 0 bridgehead atoms. The lowest BCUT2D eigenvalue weighted by Crippen LogP contribution is -2.17. The van der Waals surface area contributed by atoms with E-state index < -0.39 is 16.4 Å². The summed E-state index contributed by atoms with van der Waals surface area (Å²) in [4.78, 5) is 0.130. The van der Waals surface area contributed by atoms with Crippen molar-refractivity contribution in [3.63, 3.8) is 0 Å². The van der Waals surface area contributed by atoms with E-state index in [1.807, 2.05) is 6.92 Å². The molecule has 0 radical (unpaired) electrons. The highest BCUT2D eigenvalue weighted by molar-refractivity contribution is 7.86. The van der Waals surface area contributed by atoms with Gasteiger partial charge in [0.05, 0.1) is 18.1 Å². The van der Waals surface area contributed by atoms with Crippen molar-refractivity contribution in [2.45, 2.75) is 18.1 Å². The van der Waals surface area contributed by atoms with E-state index in [9.17, 15) is 8.42 Å². The van der Waals surface area contributed by atoms with Gasteiger partial charge in [-0.2, -0.15) is 8.42 Å². The summed E-state index contributed by atoms with van der Waals surface area (Å²) in [6.07, 6.45) is 0.903. The zero-order chi connectivity index (χ0) is 14.3. The minimum Gasteiger partial charge on any atom is -0.352 e. The topological polar surface area (TPSA) is 61.8 Å². The Balaban J connectivity index is 2.48. The molecule has 5 nitrogen and oxygen atoms in total. The van der Waals surface area contributed by atoms with Gasteiger partial charge in [0.1, 0.15) is 0 Å². The van der Waals surface area contributed by atoms with Crippen LogP contribution in [0.1, 0.15) is 5.56 Å². The van der Waals surface area contributed by atoms with Gasteiger partial charge in [-0.1, -0.05) is 24.3 Å². The van der Waals surface area contributed by atoms with Gasteiger partial charge in [0, 0.05) is 7.11 Å². The largest absolute Gasteiger partial charge is 0.352 e. The van der Waals surface area contributed by atoms with Gasteiger partial charge in [-0.25, -0.2) is 0 Å². The van der Waals surface area contributed by atoms with Crippen LogP contribution in [0.4, 0.5) is 0 Å². The Kier molecular flexibility index (Phi) is 6.17. The fourth-order valence-corrected chi connectivity index (χ4v) is 2.21. The number of ether oxygens (including phenoxy) is 2. The minimum atomic E-state index is -3.74. The standard InChI is InChI=1S/C13H18O5S/c1-4-13(16-3)17-9-10-18-19(14,15)12-7-5-11(2)6-8-12/h4-8,13H,1,9-10H2,2-3H3/t13-/m0/s1. The summed E-state index contributed by atoms with van der Waals surface area (Å²) in [6.45, 7) is 5.40. The molecule has 0 aromatic heterocycles. The third-order valence-corrected chi connectivity index (χ3v) is 3.66. The summed E-state index contributed by atoms with van der Waals surface area (Å²) in [5, 5.41) is 0. The first-order valence-electron chi connectivity index (χ1n) is 5.72. The molecule has 0 heterocycles. The molecule has 0 N–H and O–H groups in total. The smallest absolute Gasteiger partial charge is 0.297 e. The van der Waals surface area contributed by atoms with Crippen LogP contribution in [0.2, 0.25) is 0 Å². The third-order valence-electron chi connectivity index (χ3n) is 2.34. The van der Waals surface area contributed by atoms with E-state index >= 15 is 0 Å². The normalized spacial score (nSPS) is 13.2. The van der Waals surface area contributed by atoms with Crippen molar-refractivity contribution in [2.24, 2.45) is 0 Å². The maximum absolute atomic E-state index is 11.8. The Hall–Kier alpha value is -1.21. The van der Waals surface area contributed by atoms with E-state index in [1.165, 1.54) is 25.3 Å². The van der Waals surface area contributed by atoms with Crippen LogP contribution in [0.5, 0.6) is 0 Å². The monoisotopic (exact) mass is 286 g/mol. The lowest BCUT2D eigenvalue weighted by molar-refractivity contribution is -0.0956. The molecule has 0 fully saturated rings. The van der Waals surface area contributed by atoms with Gasteiger partial charge in [0.2, 0.25) is 0 Å². The van der Waals surface area contributed by atoms with Crippen molar-refractivity contribution in [1.82, 2.24) is 0 Å². The molecule has 1 aromatic rings. The predicted molar refractivity (Wildman–Crippen MR) is 71.3 cm³/mol. The average Bonchev–Trinajstić information content (AvgIpc) is 2.39. The van der Waals surface area contributed by atoms with Crippen LogP contribution >= 0.6 is 0 Å². The summed E-state index contributed by atoms with van der Waals surface area (Å²) in [5.41, 5.74) is 0.983. The van der Waals surface area contributed by atoms with Crippen molar-refractivity contribution >= 4 is 10.1 Å². The summed E-state index contributed by atoms with van der Waals surface area (Å²) in [5.74, 6) is 0. The zero-order valence-corrected chi connectivity index (χ0v) is 11.9. The molecule has 106 valence electrons. The lowest BCUT2D eigenvalue weighted by atomic mass is 10.2. The summed E-state index contributed by atoms with van der Waals surface area (Å²) >= 11 is 0. The Bertz CT molecular complexity index is 492. The van der Waals surface area contributed by atoms with Gasteiger partial charge in [-0.3, -0.25) is 4.18 Å². The van der Waals surface area contributed by atoms with E-state index in [4.69, 9.17) is 13.7 Å². The molecule has 0 unspecified atom stereocenters. The highest BCUT2D eigenvalue weighted by atomic mass is 32.2.